The molecular formula is C32H42N4O4S. The molecule has 1 atom stereocenters. The van der Waals surface area contributed by atoms with Crippen LogP contribution in [-0.2, 0) is 20.7 Å². The number of thiophene rings is 1. The van der Waals surface area contributed by atoms with Crippen molar-refractivity contribution in [1.29, 1.82) is 0 Å². The molecule has 5 rings (SSSR count). The zero-order chi connectivity index (χ0) is 28.8. The van der Waals surface area contributed by atoms with E-state index in [4.69, 9.17) is 15.2 Å². The number of unbranched alkanes of at least 4 members (excludes halogenated alkanes) is 1. The van der Waals surface area contributed by atoms with E-state index in [2.05, 4.69) is 39.4 Å². The monoisotopic (exact) mass is 578 g/mol. The molecule has 0 saturated carbocycles. The third kappa shape index (κ3) is 7.39. The summed E-state index contributed by atoms with van der Waals surface area (Å²) in [4.78, 5) is 31.6. The van der Waals surface area contributed by atoms with Gasteiger partial charge in [-0.3, -0.25) is 19.4 Å². The Kier molecular flexibility index (Phi) is 9.80. The van der Waals surface area contributed by atoms with Crippen LogP contribution in [0.15, 0.2) is 47.8 Å². The number of nitrogens with two attached hydrogens (primary N) is 1. The van der Waals surface area contributed by atoms with Crippen LogP contribution in [0, 0.1) is 5.92 Å². The summed E-state index contributed by atoms with van der Waals surface area (Å²) < 4.78 is 12.8. The number of rotatable bonds is 12. The minimum atomic E-state index is -0.686. The number of amides is 1. The van der Waals surface area contributed by atoms with Crippen LogP contribution in [0.25, 0.3) is 10.1 Å². The second-order valence-corrected chi connectivity index (χ2v) is 12.4. The lowest BCUT2D eigenvalue weighted by atomic mass is 10.0. The van der Waals surface area contributed by atoms with Gasteiger partial charge in [-0.05, 0) is 73.4 Å². The molecule has 1 unspecified atom stereocenters. The number of carbonyl (C=O) groups is 2. The number of ether oxygens (including phenoxy) is 2. The summed E-state index contributed by atoms with van der Waals surface area (Å²) in [6.07, 6.45) is 3.63. The summed E-state index contributed by atoms with van der Waals surface area (Å²) in [5.74, 6) is 0.471. The molecule has 220 valence electrons. The highest BCUT2D eigenvalue weighted by Crippen LogP contribution is 2.32. The van der Waals surface area contributed by atoms with Gasteiger partial charge in [0.25, 0.3) is 0 Å². The Bertz CT molecular complexity index is 1330. The van der Waals surface area contributed by atoms with Crippen molar-refractivity contribution in [3.63, 3.8) is 0 Å². The zero-order valence-corrected chi connectivity index (χ0v) is 25.0. The standard InChI is InChI=1S/C32H42N4O4S/c1-23(2)20-27(33)32(38)40-22-36-29-21-25(10-8-24(29)9-11-31(36)37)39-18-4-3-13-34-14-16-35(17-15-34)28-6-5-7-30-26(28)12-19-41-30/h5-8,10,12,19,21,23,27H,3-4,9,11,13-18,20,22,33H2,1-2H3. The molecule has 2 N–H and O–H groups in total. The summed E-state index contributed by atoms with van der Waals surface area (Å²) in [6, 6.07) is 14.0. The Morgan fingerprint density at radius 3 is 2.66 bits per heavy atom. The molecule has 8 nitrogen and oxygen atoms in total. The molecule has 0 bridgehead atoms. The Morgan fingerprint density at radius 2 is 1.85 bits per heavy atom. The van der Waals surface area contributed by atoms with Crippen molar-refractivity contribution in [2.24, 2.45) is 11.7 Å². The zero-order valence-electron chi connectivity index (χ0n) is 24.2. The number of hydrogen-bond acceptors (Lipinski definition) is 8. The van der Waals surface area contributed by atoms with Crippen LogP contribution < -0.4 is 20.3 Å². The highest BCUT2D eigenvalue weighted by Gasteiger charge is 2.27. The van der Waals surface area contributed by atoms with Crippen LogP contribution >= 0.6 is 11.3 Å². The summed E-state index contributed by atoms with van der Waals surface area (Å²) in [7, 11) is 0. The van der Waals surface area contributed by atoms with Crippen molar-refractivity contribution in [1.82, 2.24) is 4.90 Å². The number of piperazine rings is 1. The van der Waals surface area contributed by atoms with Crippen LogP contribution in [0.5, 0.6) is 5.75 Å². The molecule has 2 aliphatic rings. The van der Waals surface area contributed by atoms with Gasteiger partial charge in [0.15, 0.2) is 6.73 Å². The quantitative estimate of drug-likeness (QED) is 0.238. The van der Waals surface area contributed by atoms with E-state index in [1.165, 1.54) is 20.7 Å². The van der Waals surface area contributed by atoms with E-state index in [-0.39, 0.29) is 18.6 Å². The fourth-order valence-electron chi connectivity index (χ4n) is 5.68. The van der Waals surface area contributed by atoms with Crippen LogP contribution in [0.4, 0.5) is 11.4 Å². The molecule has 9 heteroatoms. The normalized spacial score (nSPS) is 16.7. The Hall–Kier alpha value is -3.14. The average molecular weight is 579 g/mol. The number of esters is 1. The Morgan fingerprint density at radius 1 is 1.02 bits per heavy atom. The van der Waals surface area contributed by atoms with Gasteiger partial charge in [-0.2, -0.15) is 0 Å². The maximum atomic E-state index is 12.7. The molecule has 0 radical (unpaired) electrons. The van der Waals surface area contributed by atoms with E-state index in [9.17, 15) is 9.59 Å². The molecular weight excluding hydrogens is 536 g/mol. The van der Waals surface area contributed by atoms with Gasteiger partial charge in [0.05, 0.1) is 12.3 Å². The number of carbonyl (C=O) groups excluding carboxylic acids is 2. The third-order valence-corrected chi connectivity index (χ3v) is 8.83. The maximum Gasteiger partial charge on any atom is 0.324 e. The first-order chi connectivity index (χ1) is 19.9. The second-order valence-electron chi connectivity index (χ2n) is 11.4. The minimum Gasteiger partial charge on any atom is -0.494 e. The molecule has 3 aromatic rings. The van der Waals surface area contributed by atoms with Gasteiger partial charge in [0.1, 0.15) is 11.8 Å². The van der Waals surface area contributed by atoms with Crippen molar-refractivity contribution >= 4 is 44.7 Å². The van der Waals surface area contributed by atoms with Gasteiger partial charge >= 0.3 is 5.97 Å². The molecule has 2 aromatic carbocycles. The van der Waals surface area contributed by atoms with Crippen LogP contribution in [0.1, 0.15) is 45.1 Å². The highest BCUT2D eigenvalue weighted by atomic mass is 32.1. The van der Waals surface area contributed by atoms with Gasteiger partial charge in [-0.25, -0.2) is 0 Å². The van der Waals surface area contributed by atoms with Crippen molar-refractivity contribution in [2.45, 2.75) is 52.0 Å². The largest absolute Gasteiger partial charge is 0.494 e. The molecule has 2 aliphatic heterocycles. The second kappa shape index (κ2) is 13.7. The molecule has 3 heterocycles. The van der Waals surface area contributed by atoms with E-state index >= 15 is 0 Å². The number of benzene rings is 2. The van der Waals surface area contributed by atoms with Crippen molar-refractivity contribution < 1.29 is 19.1 Å². The fraction of sp³-hybridized carbons (Fsp3) is 0.500. The first kappa shape index (κ1) is 29.4. The molecule has 1 saturated heterocycles. The molecule has 0 spiro atoms. The van der Waals surface area contributed by atoms with Gasteiger partial charge < -0.3 is 20.1 Å². The van der Waals surface area contributed by atoms with Gasteiger partial charge in [0, 0.05) is 54.4 Å². The lowest BCUT2D eigenvalue weighted by Crippen LogP contribution is -2.46. The molecule has 41 heavy (non-hydrogen) atoms. The number of anilines is 2. The minimum absolute atomic E-state index is 0.0630. The van der Waals surface area contributed by atoms with E-state index in [0.29, 0.717) is 25.9 Å². The summed E-state index contributed by atoms with van der Waals surface area (Å²) in [5.41, 5.74) is 9.11. The molecule has 1 fully saturated rings. The predicted octanol–water partition coefficient (Wildman–Crippen LogP) is 5.04. The summed E-state index contributed by atoms with van der Waals surface area (Å²) in [6.45, 7) is 9.81. The predicted molar refractivity (Wildman–Crippen MR) is 166 cm³/mol. The van der Waals surface area contributed by atoms with Gasteiger partial charge in [-0.1, -0.05) is 26.0 Å². The summed E-state index contributed by atoms with van der Waals surface area (Å²) in [5, 5.41) is 3.54. The van der Waals surface area contributed by atoms with E-state index in [0.717, 1.165) is 62.6 Å². The summed E-state index contributed by atoms with van der Waals surface area (Å²) >= 11 is 1.80. The van der Waals surface area contributed by atoms with Crippen molar-refractivity contribution in [3.05, 3.63) is 53.4 Å². The van der Waals surface area contributed by atoms with E-state index in [1.54, 1.807) is 11.3 Å². The maximum absolute atomic E-state index is 12.7. The lowest BCUT2D eigenvalue weighted by Gasteiger charge is -2.36. The first-order valence-electron chi connectivity index (χ1n) is 14.8. The number of nitrogens with zero attached hydrogens (tertiary/aromatic N) is 3. The topological polar surface area (TPSA) is 88.3 Å². The van der Waals surface area contributed by atoms with E-state index in [1.807, 2.05) is 32.0 Å². The molecule has 1 aromatic heterocycles. The first-order valence-corrected chi connectivity index (χ1v) is 15.7. The number of hydrogen-bond donors (Lipinski definition) is 1. The lowest BCUT2D eigenvalue weighted by molar-refractivity contribution is -0.146. The number of aryl methyl sites for hydroxylation is 1. The fourth-order valence-corrected chi connectivity index (χ4v) is 6.49. The van der Waals surface area contributed by atoms with Gasteiger partial charge in [-0.15, -0.1) is 11.3 Å². The Labute approximate surface area is 247 Å². The Balaban J connectivity index is 1.05. The SMILES string of the molecule is CC(C)CC(N)C(=O)OCN1C(=O)CCc2ccc(OCCCCN3CCN(c4cccc5sccc45)CC3)cc21. The van der Waals surface area contributed by atoms with E-state index < -0.39 is 12.0 Å². The van der Waals surface area contributed by atoms with Crippen LogP contribution in [0.3, 0.4) is 0 Å². The van der Waals surface area contributed by atoms with Crippen molar-refractivity contribution in [3.8, 4) is 5.75 Å². The number of fused-ring (bicyclic) bond motifs is 2. The molecule has 1 amide bonds. The van der Waals surface area contributed by atoms with Crippen LogP contribution in [0.2, 0.25) is 0 Å². The third-order valence-electron chi connectivity index (χ3n) is 7.94. The smallest absolute Gasteiger partial charge is 0.324 e. The van der Waals surface area contributed by atoms with Crippen molar-refractivity contribution in [2.75, 3.05) is 55.9 Å². The molecule has 0 aliphatic carbocycles. The van der Waals surface area contributed by atoms with Gasteiger partial charge in [0.2, 0.25) is 5.91 Å². The highest BCUT2D eigenvalue weighted by molar-refractivity contribution is 7.17. The van der Waals surface area contributed by atoms with Crippen LogP contribution in [-0.4, -0.2) is 68.9 Å². The average Bonchev–Trinajstić information content (AvgIpc) is 3.45.